The van der Waals surface area contributed by atoms with E-state index in [4.69, 9.17) is 9.84 Å². The Morgan fingerprint density at radius 1 is 1.53 bits per heavy atom. The van der Waals surface area contributed by atoms with Gasteiger partial charge in [0.2, 0.25) is 0 Å². The average Bonchev–Trinajstić information content (AvgIpc) is 2.24. The maximum Gasteiger partial charge on any atom is 0.0697 e. The molecule has 1 spiro atoms. The Bertz CT molecular complexity index is 200. The maximum absolute atomic E-state index is 9.16. The van der Waals surface area contributed by atoms with Crippen LogP contribution < -0.4 is 5.32 Å². The molecule has 1 heterocycles. The monoisotopic (exact) mass is 213 g/mol. The molecule has 2 rings (SSSR count). The fourth-order valence-electron chi connectivity index (χ4n) is 2.72. The van der Waals surface area contributed by atoms with Crippen LogP contribution in [0, 0.1) is 0 Å². The summed E-state index contributed by atoms with van der Waals surface area (Å²) in [6, 6.07) is 0.821. The van der Waals surface area contributed by atoms with Crippen LogP contribution in [0.5, 0.6) is 0 Å². The summed E-state index contributed by atoms with van der Waals surface area (Å²) < 4.78 is 5.88. The van der Waals surface area contributed by atoms with E-state index in [0.29, 0.717) is 6.04 Å². The minimum absolute atomic E-state index is 0.212. The highest BCUT2D eigenvalue weighted by atomic mass is 16.5. The summed E-state index contributed by atoms with van der Waals surface area (Å²) in [6.45, 7) is 3.26. The number of rotatable bonds is 4. The molecule has 1 aliphatic heterocycles. The van der Waals surface area contributed by atoms with E-state index in [0.717, 1.165) is 25.9 Å². The Morgan fingerprint density at radius 3 is 2.87 bits per heavy atom. The van der Waals surface area contributed by atoms with E-state index in [9.17, 15) is 0 Å². The lowest BCUT2D eigenvalue weighted by molar-refractivity contribution is -0.136. The van der Waals surface area contributed by atoms with Crippen molar-refractivity contribution in [2.75, 3.05) is 13.2 Å². The Hall–Kier alpha value is -0.120. The molecular weight excluding hydrogens is 190 g/mol. The molecule has 2 atom stereocenters. The smallest absolute Gasteiger partial charge is 0.0697 e. The van der Waals surface area contributed by atoms with Gasteiger partial charge < -0.3 is 15.2 Å². The van der Waals surface area contributed by atoms with E-state index < -0.39 is 0 Å². The van der Waals surface area contributed by atoms with Crippen molar-refractivity contribution in [1.29, 1.82) is 0 Å². The Morgan fingerprint density at radius 2 is 2.33 bits per heavy atom. The maximum atomic E-state index is 9.16. The second kappa shape index (κ2) is 4.81. The van der Waals surface area contributed by atoms with E-state index in [1.165, 1.54) is 19.3 Å². The second-order valence-corrected chi connectivity index (χ2v) is 5.03. The Labute approximate surface area is 92.2 Å². The molecule has 2 aliphatic rings. The first kappa shape index (κ1) is 11.4. The lowest BCUT2D eigenvalue weighted by Gasteiger charge is -2.47. The van der Waals surface area contributed by atoms with Gasteiger partial charge in [-0.3, -0.25) is 0 Å². The molecule has 3 nitrogen and oxygen atoms in total. The second-order valence-electron chi connectivity index (χ2n) is 5.03. The van der Waals surface area contributed by atoms with Gasteiger partial charge in [-0.1, -0.05) is 6.92 Å². The predicted octanol–water partition coefficient (Wildman–Crippen LogP) is 1.45. The largest absolute Gasteiger partial charge is 0.395 e. The fourth-order valence-corrected chi connectivity index (χ4v) is 2.72. The molecular formula is C12H23NO2. The standard InChI is InChI=1S/C12H23NO2/c1-2-10(9-14)13-11-4-7-15-12(8-11)5-3-6-12/h10-11,13-14H,2-9H2,1H3. The third kappa shape index (κ3) is 2.52. The molecule has 0 aromatic heterocycles. The molecule has 2 fully saturated rings. The van der Waals surface area contributed by atoms with Crippen LogP contribution >= 0.6 is 0 Å². The minimum atomic E-state index is 0.212. The van der Waals surface area contributed by atoms with Crippen LogP contribution in [-0.4, -0.2) is 36.0 Å². The summed E-state index contributed by atoms with van der Waals surface area (Å²) >= 11 is 0. The van der Waals surface area contributed by atoms with Gasteiger partial charge in [0, 0.05) is 18.7 Å². The molecule has 0 bridgehead atoms. The fraction of sp³-hybridized carbons (Fsp3) is 1.00. The third-order valence-electron chi connectivity index (χ3n) is 3.94. The number of nitrogens with one attached hydrogen (secondary N) is 1. The quantitative estimate of drug-likeness (QED) is 0.742. The summed E-state index contributed by atoms with van der Waals surface area (Å²) in [4.78, 5) is 0. The molecule has 0 amide bonds. The van der Waals surface area contributed by atoms with E-state index in [1.807, 2.05) is 0 Å². The number of aliphatic hydroxyl groups excluding tert-OH is 1. The molecule has 3 heteroatoms. The van der Waals surface area contributed by atoms with Crippen LogP contribution in [0.4, 0.5) is 0 Å². The molecule has 0 aromatic carbocycles. The van der Waals surface area contributed by atoms with Crippen LogP contribution in [-0.2, 0) is 4.74 Å². The Balaban J connectivity index is 1.82. The van der Waals surface area contributed by atoms with Crippen molar-refractivity contribution in [2.24, 2.45) is 0 Å². The van der Waals surface area contributed by atoms with Gasteiger partial charge in [0.25, 0.3) is 0 Å². The zero-order chi connectivity index (χ0) is 10.7. The number of ether oxygens (including phenoxy) is 1. The van der Waals surface area contributed by atoms with Crippen LogP contribution in [0.1, 0.15) is 45.4 Å². The van der Waals surface area contributed by atoms with E-state index in [-0.39, 0.29) is 18.2 Å². The first-order valence-electron chi connectivity index (χ1n) is 6.29. The zero-order valence-corrected chi connectivity index (χ0v) is 9.67. The predicted molar refractivity (Wildman–Crippen MR) is 59.9 cm³/mol. The first-order valence-corrected chi connectivity index (χ1v) is 6.29. The average molecular weight is 213 g/mol. The lowest BCUT2D eigenvalue weighted by atomic mass is 9.74. The molecule has 0 aromatic rings. The van der Waals surface area contributed by atoms with Crippen molar-refractivity contribution in [3.8, 4) is 0 Å². The molecule has 0 radical (unpaired) electrons. The molecule has 15 heavy (non-hydrogen) atoms. The van der Waals surface area contributed by atoms with Crippen LogP contribution in [0.15, 0.2) is 0 Å². The minimum Gasteiger partial charge on any atom is -0.395 e. The zero-order valence-electron chi connectivity index (χ0n) is 9.67. The van der Waals surface area contributed by atoms with Gasteiger partial charge in [-0.2, -0.15) is 0 Å². The van der Waals surface area contributed by atoms with Gasteiger partial charge in [-0.05, 0) is 38.5 Å². The molecule has 1 saturated carbocycles. The molecule has 88 valence electrons. The molecule has 2 unspecified atom stereocenters. The normalized spacial score (nSPS) is 31.2. The van der Waals surface area contributed by atoms with Crippen molar-refractivity contribution < 1.29 is 9.84 Å². The molecule has 1 saturated heterocycles. The summed E-state index contributed by atoms with van der Waals surface area (Å²) in [7, 11) is 0. The summed E-state index contributed by atoms with van der Waals surface area (Å²) in [5.41, 5.74) is 0.212. The van der Waals surface area contributed by atoms with E-state index in [2.05, 4.69) is 12.2 Å². The van der Waals surface area contributed by atoms with Gasteiger partial charge in [-0.25, -0.2) is 0 Å². The van der Waals surface area contributed by atoms with E-state index >= 15 is 0 Å². The van der Waals surface area contributed by atoms with Crippen molar-refractivity contribution in [1.82, 2.24) is 5.32 Å². The van der Waals surface area contributed by atoms with Gasteiger partial charge in [0.1, 0.15) is 0 Å². The third-order valence-corrected chi connectivity index (χ3v) is 3.94. The number of hydrogen-bond donors (Lipinski definition) is 2. The van der Waals surface area contributed by atoms with Gasteiger partial charge in [0.05, 0.1) is 12.2 Å². The highest BCUT2D eigenvalue weighted by Gasteiger charge is 2.42. The number of aliphatic hydroxyl groups is 1. The van der Waals surface area contributed by atoms with Crippen molar-refractivity contribution in [3.63, 3.8) is 0 Å². The van der Waals surface area contributed by atoms with Crippen LogP contribution in [0.3, 0.4) is 0 Å². The van der Waals surface area contributed by atoms with Crippen molar-refractivity contribution in [2.45, 2.75) is 63.1 Å². The summed E-state index contributed by atoms with van der Waals surface area (Å²) in [5, 5.41) is 12.7. The highest BCUT2D eigenvalue weighted by Crippen LogP contribution is 2.42. The topological polar surface area (TPSA) is 41.5 Å². The molecule has 2 N–H and O–H groups in total. The van der Waals surface area contributed by atoms with E-state index in [1.54, 1.807) is 0 Å². The first-order chi connectivity index (χ1) is 7.28. The van der Waals surface area contributed by atoms with Crippen LogP contribution in [0.25, 0.3) is 0 Å². The Kier molecular flexibility index (Phi) is 3.65. The van der Waals surface area contributed by atoms with Gasteiger partial charge in [0.15, 0.2) is 0 Å². The molecule has 1 aliphatic carbocycles. The van der Waals surface area contributed by atoms with Crippen LogP contribution in [0.2, 0.25) is 0 Å². The van der Waals surface area contributed by atoms with Gasteiger partial charge >= 0.3 is 0 Å². The number of hydrogen-bond acceptors (Lipinski definition) is 3. The SMILES string of the molecule is CCC(CO)NC1CCOC2(CCC2)C1. The lowest BCUT2D eigenvalue weighted by Crippen LogP contribution is -2.53. The van der Waals surface area contributed by atoms with Gasteiger partial charge in [-0.15, -0.1) is 0 Å². The van der Waals surface area contributed by atoms with Crippen molar-refractivity contribution in [3.05, 3.63) is 0 Å². The highest BCUT2D eigenvalue weighted by molar-refractivity contribution is 4.96. The summed E-state index contributed by atoms with van der Waals surface area (Å²) in [6.07, 6.45) is 7.04. The van der Waals surface area contributed by atoms with Crippen molar-refractivity contribution >= 4 is 0 Å². The summed E-state index contributed by atoms with van der Waals surface area (Å²) in [5.74, 6) is 0.